The molecule has 0 saturated carbocycles. The number of hydrogen-bond donors (Lipinski definition) is 0. The quantitative estimate of drug-likeness (QED) is 0.754. The molecule has 0 fully saturated rings. The number of fused-ring (bicyclic) bond motifs is 1. The monoisotopic (exact) mass is 265 g/mol. The maximum atomic E-state index is 12.0. The Bertz CT molecular complexity index is 382. The van der Waals surface area contributed by atoms with Crippen molar-refractivity contribution in [1.29, 1.82) is 0 Å². The molecular formula is C8H5F2NSSe. The van der Waals surface area contributed by atoms with E-state index in [4.69, 9.17) is 0 Å². The first-order valence-electron chi connectivity index (χ1n) is 3.56. The normalized spacial score (nSPS) is 11.3. The molecule has 0 aliphatic rings. The zero-order valence-corrected chi connectivity index (χ0v) is 8.94. The van der Waals surface area contributed by atoms with Gasteiger partial charge in [-0.05, 0) is 0 Å². The van der Waals surface area contributed by atoms with Crippen LogP contribution in [0.4, 0.5) is 8.78 Å². The van der Waals surface area contributed by atoms with Crippen LogP contribution in [0.3, 0.4) is 0 Å². The zero-order valence-electron chi connectivity index (χ0n) is 6.41. The Balaban J connectivity index is 2.38. The van der Waals surface area contributed by atoms with Gasteiger partial charge in [-0.2, -0.15) is 0 Å². The predicted octanol–water partition coefficient (Wildman–Crippen LogP) is 1.85. The van der Waals surface area contributed by atoms with Crippen molar-refractivity contribution in [2.75, 3.05) is 0 Å². The van der Waals surface area contributed by atoms with Crippen LogP contribution in [0.5, 0.6) is 0 Å². The summed E-state index contributed by atoms with van der Waals surface area (Å²) < 4.78 is 25.6. The predicted molar refractivity (Wildman–Crippen MR) is 51.0 cm³/mol. The van der Waals surface area contributed by atoms with Crippen LogP contribution < -0.4 is 3.91 Å². The fourth-order valence-electron chi connectivity index (χ4n) is 0.978. The number of nitrogens with zero attached hydrogens (tertiary/aromatic N) is 1. The Hall–Kier alpha value is -0.511. The summed E-state index contributed by atoms with van der Waals surface area (Å²) >= 11 is 0.574. The summed E-state index contributed by atoms with van der Waals surface area (Å²) in [5.74, 6) is 0. The number of halogens is 2. The van der Waals surface area contributed by atoms with E-state index in [1.807, 2.05) is 24.3 Å². The van der Waals surface area contributed by atoms with E-state index in [1.165, 1.54) is 11.3 Å². The van der Waals surface area contributed by atoms with Crippen LogP contribution >= 0.6 is 11.3 Å². The van der Waals surface area contributed by atoms with E-state index < -0.39 is 20.3 Å². The van der Waals surface area contributed by atoms with Crippen molar-refractivity contribution in [3.05, 3.63) is 24.3 Å². The van der Waals surface area contributed by atoms with Gasteiger partial charge >= 0.3 is 83.8 Å². The molecule has 1 heterocycles. The second-order valence-electron chi connectivity index (χ2n) is 2.33. The Kier molecular flexibility index (Phi) is 2.58. The Morgan fingerprint density at radius 1 is 1.31 bits per heavy atom. The molecule has 68 valence electrons. The van der Waals surface area contributed by atoms with Crippen LogP contribution in [0, 0.1) is 0 Å². The molecule has 0 radical (unpaired) electrons. The van der Waals surface area contributed by atoms with Crippen molar-refractivity contribution < 1.29 is 8.78 Å². The number of benzene rings is 1. The van der Waals surface area contributed by atoms with E-state index in [1.54, 1.807) is 0 Å². The second-order valence-corrected chi connectivity index (χ2v) is 5.99. The third-order valence-corrected chi connectivity index (χ3v) is 4.31. The first-order valence-corrected chi connectivity index (χ1v) is 6.22. The standard InChI is InChI=1S/C8H5F2NSSe/c9-7(10)13-8-11-5-3-1-2-4-6(5)12-8/h1-4,7H. The molecule has 0 atom stereocenters. The van der Waals surface area contributed by atoms with E-state index in [2.05, 4.69) is 4.98 Å². The molecule has 1 aromatic heterocycles. The molecule has 0 amide bonds. The van der Waals surface area contributed by atoms with Gasteiger partial charge in [0.15, 0.2) is 0 Å². The molecule has 1 nitrogen and oxygen atoms in total. The number of aromatic nitrogens is 1. The molecule has 5 heteroatoms. The fourth-order valence-corrected chi connectivity index (χ4v) is 3.61. The summed E-state index contributed by atoms with van der Waals surface area (Å²) in [4.78, 5) is 4.12. The third kappa shape index (κ3) is 2.05. The maximum absolute atomic E-state index is 12.0. The molecular weight excluding hydrogens is 259 g/mol. The molecule has 0 spiro atoms. The van der Waals surface area contributed by atoms with Crippen LogP contribution in [0.25, 0.3) is 10.2 Å². The number of hydrogen-bond acceptors (Lipinski definition) is 2. The van der Waals surface area contributed by atoms with Gasteiger partial charge in [-0.25, -0.2) is 0 Å². The van der Waals surface area contributed by atoms with Crippen molar-refractivity contribution in [2.24, 2.45) is 0 Å². The zero-order chi connectivity index (χ0) is 9.26. The topological polar surface area (TPSA) is 12.9 Å². The SMILES string of the molecule is FC(F)[Se]c1nc2ccccc2s1. The van der Waals surface area contributed by atoms with Gasteiger partial charge in [0.25, 0.3) is 0 Å². The van der Waals surface area contributed by atoms with Gasteiger partial charge in [0.1, 0.15) is 0 Å². The average molecular weight is 264 g/mol. The molecule has 0 unspecified atom stereocenters. The summed E-state index contributed by atoms with van der Waals surface area (Å²) in [6.07, 6.45) is 0. The fraction of sp³-hybridized carbons (Fsp3) is 0.125. The minimum absolute atomic E-state index is 0.573. The van der Waals surface area contributed by atoms with Crippen LogP contribution in [-0.4, -0.2) is 25.3 Å². The van der Waals surface area contributed by atoms with E-state index >= 15 is 0 Å². The first kappa shape index (κ1) is 9.06. The number of alkyl halides is 2. The molecule has 0 saturated heterocycles. The summed E-state index contributed by atoms with van der Waals surface area (Å²) in [5.41, 5.74) is 0.824. The van der Waals surface area contributed by atoms with Gasteiger partial charge in [-0.15, -0.1) is 0 Å². The summed E-state index contributed by atoms with van der Waals surface area (Å²) in [6, 6.07) is 7.50. The van der Waals surface area contributed by atoms with E-state index in [-0.39, 0.29) is 0 Å². The van der Waals surface area contributed by atoms with Gasteiger partial charge in [-0.1, -0.05) is 0 Å². The van der Waals surface area contributed by atoms with Gasteiger partial charge in [0.2, 0.25) is 0 Å². The van der Waals surface area contributed by atoms with Crippen molar-refractivity contribution in [1.82, 2.24) is 4.98 Å². The molecule has 2 aromatic rings. The minimum atomic E-state index is -2.24. The molecule has 13 heavy (non-hydrogen) atoms. The Morgan fingerprint density at radius 2 is 2.08 bits per heavy atom. The molecule has 1 aromatic carbocycles. The summed E-state index contributed by atoms with van der Waals surface area (Å²) in [7, 11) is 0. The Morgan fingerprint density at radius 3 is 2.77 bits per heavy atom. The number of rotatable bonds is 2. The van der Waals surface area contributed by atoms with E-state index in [0.29, 0.717) is 3.91 Å². The average Bonchev–Trinajstić information content (AvgIpc) is 2.44. The van der Waals surface area contributed by atoms with Crippen LogP contribution in [-0.2, 0) is 0 Å². The molecule has 0 bridgehead atoms. The van der Waals surface area contributed by atoms with Crippen molar-refractivity contribution in [3.63, 3.8) is 0 Å². The molecule has 0 aliphatic heterocycles. The second kappa shape index (κ2) is 3.70. The first-order chi connectivity index (χ1) is 6.25. The van der Waals surface area contributed by atoms with Crippen LogP contribution in [0.2, 0.25) is 0 Å². The van der Waals surface area contributed by atoms with Crippen molar-refractivity contribution in [2.45, 2.75) is 5.32 Å². The van der Waals surface area contributed by atoms with Crippen LogP contribution in [0.15, 0.2) is 24.3 Å². The van der Waals surface area contributed by atoms with Gasteiger partial charge < -0.3 is 0 Å². The van der Waals surface area contributed by atoms with E-state index in [9.17, 15) is 8.78 Å². The Labute approximate surface area is 83.9 Å². The molecule has 2 rings (SSSR count). The number of para-hydroxylation sites is 1. The molecule has 0 N–H and O–H groups in total. The van der Waals surface area contributed by atoms with Gasteiger partial charge in [0.05, 0.1) is 0 Å². The molecule has 0 aliphatic carbocycles. The van der Waals surface area contributed by atoms with E-state index in [0.717, 1.165) is 10.2 Å². The van der Waals surface area contributed by atoms with Crippen LogP contribution in [0.1, 0.15) is 0 Å². The third-order valence-electron chi connectivity index (χ3n) is 1.46. The number of thiazole rings is 1. The summed E-state index contributed by atoms with van der Waals surface area (Å²) in [5, 5.41) is -2.24. The van der Waals surface area contributed by atoms with Crippen molar-refractivity contribution >= 4 is 40.4 Å². The van der Waals surface area contributed by atoms with Crippen molar-refractivity contribution in [3.8, 4) is 0 Å². The van der Waals surface area contributed by atoms with Gasteiger partial charge in [-0.3, -0.25) is 0 Å². The summed E-state index contributed by atoms with van der Waals surface area (Å²) in [6.45, 7) is 0. The van der Waals surface area contributed by atoms with Gasteiger partial charge in [0, 0.05) is 0 Å².